The van der Waals surface area contributed by atoms with E-state index in [-0.39, 0.29) is 12.6 Å². The minimum atomic E-state index is -0.631. The van der Waals surface area contributed by atoms with Gasteiger partial charge >= 0.3 is 6.01 Å². The maximum absolute atomic E-state index is 10.9. The Kier molecular flexibility index (Phi) is 4.69. The van der Waals surface area contributed by atoms with Gasteiger partial charge in [0.2, 0.25) is 0 Å². The number of aromatic nitrogens is 2. The van der Waals surface area contributed by atoms with Gasteiger partial charge in [0.25, 0.3) is 5.91 Å². The molecule has 0 radical (unpaired) electrons. The van der Waals surface area contributed by atoms with Crippen LogP contribution in [0.4, 0.5) is 0 Å². The molecule has 0 saturated heterocycles. The fraction of sp³-hybridized carbons (Fsp3) is 0.0625. The average molecular weight is 364 g/mol. The monoisotopic (exact) mass is 363 g/mol. The van der Waals surface area contributed by atoms with Gasteiger partial charge in [-0.2, -0.15) is 9.97 Å². The van der Waals surface area contributed by atoms with E-state index < -0.39 is 5.91 Å². The number of carbonyl (C=O) groups is 1. The molecule has 0 aliphatic carbocycles. The molecule has 2 heterocycles. The van der Waals surface area contributed by atoms with Gasteiger partial charge in [-0.3, -0.25) is 4.79 Å². The third kappa shape index (κ3) is 3.67. The van der Waals surface area contributed by atoms with Crippen LogP contribution in [0.2, 0.25) is 10.0 Å². The summed E-state index contributed by atoms with van der Waals surface area (Å²) >= 11 is 12.2. The van der Waals surface area contributed by atoms with Crippen molar-refractivity contribution >= 4 is 29.1 Å². The van der Waals surface area contributed by atoms with E-state index in [1.165, 1.54) is 6.26 Å². The zero-order valence-corrected chi connectivity index (χ0v) is 13.7. The summed E-state index contributed by atoms with van der Waals surface area (Å²) in [7, 11) is 0. The summed E-state index contributed by atoms with van der Waals surface area (Å²) in [6.45, 7) is -0.338. The number of hydrogen-bond donors (Lipinski definition) is 1. The van der Waals surface area contributed by atoms with Crippen molar-refractivity contribution in [1.82, 2.24) is 9.97 Å². The van der Waals surface area contributed by atoms with Crippen LogP contribution in [0.3, 0.4) is 0 Å². The lowest BCUT2D eigenvalue weighted by molar-refractivity contribution is -0.120. The maximum atomic E-state index is 10.9. The topological polar surface area (TPSA) is 91.2 Å². The van der Waals surface area contributed by atoms with Crippen molar-refractivity contribution < 1.29 is 13.9 Å². The maximum Gasteiger partial charge on any atom is 0.318 e. The average Bonchev–Trinajstić information content (AvgIpc) is 3.07. The summed E-state index contributed by atoms with van der Waals surface area (Å²) < 4.78 is 10.6. The van der Waals surface area contributed by atoms with Gasteiger partial charge < -0.3 is 14.9 Å². The molecule has 2 aromatic heterocycles. The van der Waals surface area contributed by atoms with Crippen LogP contribution in [0.1, 0.15) is 0 Å². The normalized spacial score (nSPS) is 10.6. The van der Waals surface area contributed by atoms with Gasteiger partial charge in [0.05, 0.1) is 17.0 Å². The second-order valence-electron chi connectivity index (χ2n) is 4.78. The Morgan fingerprint density at radius 3 is 2.62 bits per heavy atom. The predicted octanol–water partition coefficient (Wildman–Crippen LogP) is 3.57. The molecule has 8 heteroatoms. The molecule has 0 bridgehead atoms. The fourth-order valence-electron chi connectivity index (χ4n) is 2.01. The quantitative estimate of drug-likeness (QED) is 0.747. The van der Waals surface area contributed by atoms with E-state index in [4.69, 9.17) is 38.1 Å². The zero-order valence-electron chi connectivity index (χ0n) is 12.2. The standard InChI is InChI=1S/C16H11Cl2N3O3/c17-9-3-4-10(11(18)6-9)12-7-13(14-2-1-5-23-14)21-16(20-12)24-8-15(19)22/h1-7H,8H2,(H2,19,22). The lowest BCUT2D eigenvalue weighted by Crippen LogP contribution is -2.20. The number of hydrogen-bond acceptors (Lipinski definition) is 5. The van der Waals surface area contributed by atoms with Crippen molar-refractivity contribution in [3.8, 4) is 28.7 Å². The largest absolute Gasteiger partial charge is 0.463 e. The third-order valence-electron chi connectivity index (χ3n) is 3.03. The number of nitrogens with two attached hydrogens (primary N) is 1. The van der Waals surface area contributed by atoms with E-state index >= 15 is 0 Å². The molecule has 0 aliphatic heterocycles. The Bertz CT molecular complexity index is 882. The first-order valence-corrected chi connectivity index (χ1v) is 7.58. The number of amides is 1. The number of nitrogens with zero attached hydrogens (tertiary/aromatic N) is 2. The number of furan rings is 1. The SMILES string of the molecule is NC(=O)COc1nc(-c2ccco2)cc(-c2ccc(Cl)cc2Cl)n1. The van der Waals surface area contributed by atoms with Gasteiger partial charge in [0.1, 0.15) is 5.69 Å². The van der Waals surface area contributed by atoms with Gasteiger partial charge in [-0.05, 0) is 36.4 Å². The lowest BCUT2D eigenvalue weighted by atomic mass is 10.1. The van der Waals surface area contributed by atoms with E-state index in [2.05, 4.69) is 9.97 Å². The van der Waals surface area contributed by atoms with E-state index in [9.17, 15) is 4.79 Å². The molecule has 0 aliphatic rings. The minimum Gasteiger partial charge on any atom is -0.463 e. The van der Waals surface area contributed by atoms with Crippen molar-refractivity contribution in [2.24, 2.45) is 5.73 Å². The van der Waals surface area contributed by atoms with Crippen LogP contribution in [0, 0.1) is 0 Å². The van der Waals surface area contributed by atoms with Gasteiger partial charge in [0.15, 0.2) is 12.4 Å². The molecule has 24 heavy (non-hydrogen) atoms. The van der Waals surface area contributed by atoms with Gasteiger partial charge in [-0.15, -0.1) is 0 Å². The van der Waals surface area contributed by atoms with Crippen molar-refractivity contribution in [3.05, 3.63) is 52.7 Å². The Hall–Kier alpha value is -2.57. The molecule has 122 valence electrons. The van der Waals surface area contributed by atoms with Crippen LogP contribution in [-0.4, -0.2) is 22.5 Å². The molecular weight excluding hydrogens is 353 g/mol. The molecule has 3 aromatic rings. The zero-order chi connectivity index (χ0) is 17.1. The van der Waals surface area contributed by atoms with Crippen LogP contribution in [0.25, 0.3) is 22.7 Å². The van der Waals surface area contributed by atoms with E-state index in [0.717, 1.165) is 0 Å². The fourth-order valence-corrected chi connectivity index (χ4v) is 2.52. The Morgan fingerprint density at radius 2 is 1.96 bits per heavy atom. The first kappa shape index (κ1) is 16.3. The number of carbonyl (C=O) groups excluding carboxylic acids is 1. The van der Waals surface area contributed by atoms with Crippen LogP contribution in [0.15, 0.2) is 47.1 Å². The van der Waals surface area contributed by atoms with Crippen molar-refractivity contribution in [3.63, 3.8) is 0 Å². The first-order valence-electron chi connectivity index (χ1n) is 6.82. The third-order valence-corrected chi connectivity index (χ3v) is 3.58. The summed E-state index contributed by atoms with van der Waals surface area (Å²) in [5, 5.41) is 0.932. The molecule has 0 spiro atoms. The number of halogens is 2. The number of benzene rings is 1. The highest BCUT2D eigenvalue weighted by atomic mass is 35.5. The highest BCUT2D eigenvalue weighted by molar-refractivity contribution is 6.36. The molecule has 0 fully saturated rings. The Morgan fingerprint density at radius 1 is 1.17 bits per heavy atom. The van der Waals surface area contributed by atoms with Crippen molar-refractivity contribution in [1.29, 1.82) is 0 Å². The lowest BCUT2D eigenvalue weighted by Gasteiger charge is -2.09. The molecule has 0 atom stereocenters. The second-order valence-corrected chi connectivity index (χ2v) is 5.62. The molecule has 3 rings (SSSR count). The van der Waals surface area contributed by atoms with E-state index in [0.29, 0.717) is 32.8 Å². The highest BCUT2D eigenvalue weighted by Gasteiger charge is 2.14. The van der Waals surface area contributed by atoms with E-state index in [1.54, 1.807) is 36.4 Å². The highest BCUT2D eigenvalue weighted by Crippen LogP contribution is 2.32. The molecule has 6 nitrogen and oxygen atoms in total. The Labute approximate surface area is 147 Å². The van der Waals surface area contributed by atoms with Crippen LogP contribution in [-0.2, 0) is 4.79 Å². The van der Waals surface area contributed by atoms with Crippen LogP contribution in [0.5, 0.6) is 6.01 Å². The molecule has 0 unspecified atom stereocenters. The van der Waals surface area contributed by atoms with Crippen molar-refractivity contribution in [2.75, 3.05) is 6.61 Å². The number of primary amides is 1. The van der Waals surface area contributed by atoms with Crippen LogP contribution >= 0.6 is 23.2 Å². The molecule has 2 N–H and O–H groups in total. The molecular formula is C16H11Cl2N3O3. The summed E-state index contributed by atoms with van der Waals surface area (Å²) in [5.74, 6) is -0.110. The second kappa shape index (κ2) is 6.90. The first-order chi connectivity index (χ1) is 11.5. The van der Waals surface area contributed by atoms with Crippen molar-refractivity contribution in [2.45, 2.75) is 0 Å². The summed E-state index contributed by atoms with van der Waals surface area (Å²) in [6.07, 6.45) is 1.52. The molecule has 0 saturated carbocycles. The number of ether oxygens (including phenoxy) is 1. The molecule has 1 amide bonds. The van der Waals surface area contributed by atoms with Gasteiger partial charge in [-0.25, -0.2) is 0 Å². The van der Waals surface area contributed by atoms with Gasteiger partial charge in [-0.1, -0.05) is 23.2 Å². The predicted molar refractivity (Wildman–Crippen MR) is 89.9 cm³/mol. The van der Waals surface area contributed by atoms with Crippen LogP contribution < -0.4 is 10.5 Å². The summed E-state index contributed by atoms with van der Waals surface area (Å²) in [5.41, 5.74) is 6.71. The minimum absolute atomic E-state index is 0.0104. The van der Waals surface area contributed by atoms with E-state index in [1.807, 2.05) is 0 Å². The number of rotatable bonds is 5. The Balaban J connectivity index is 2.08. The van der Waals surface area contributed by atoms with Gasteiger partial charge in [0, 0.05) is 10.6 Å². The smallest absolute Gasteiger partial charge is 0.318 e. The summed E-state index contributed by atoms with van der Waals surface area (Å²) in [6, 6.07) is 10.2. The molecule has 1 aromatic carbocycles. The summed E-state index contributed by atoms with van der Waals surface area (Å²) in [4.78, 5) is 19.4.